The van der Waals surface area contributed by atoms with E-state index in [9.17, 15) is 9.59 Å². The van der Waals surface area contributed by atoms with Gasteiger partial charge in [-0.1, -0.05) is 13.8 Å². The number of aromatic nitrogens is 2. The van der Waals surface area contributed by atoms with Crippen molar-refractivity contribution in [1.82, 2.24) is 15.1 Å². The monoisotopic (exact) mass is 250 g/mol. The standard InChI is InChI=1S/C12H18N4O2/c1-4-9-12(18)16(8-6-13-15(3)7-8)10(5-2)11(17)14-9/h6-7,9-10H,4-5H2,1-3H3,(H,14,17). The fraction of sp³-hybridized carbons (Fsp3) is 0.583. The molecule has 1 fully saturated rings. The van der Waals surface area contributed by atoms with Gasteiger partial charge >= 0.3 is 0 Å². The summed E-state index contributed by atoms with van der Waals surface area (Å²) in [5.41, 5.74) is 0.683. The first-order valence-electron chi connectivity index (χ1n) is 6.20. The number of piperazine rings is 1. The third-order valence-electron chi connectivity index (χ3n) is 3.23. The van der Waals surface area contributed by atoms with Crippen molar-refractivity contribution in [3.8, 4) is 0 Å². The highest BCUT2D eigenvalue weighted by molar-refractivity contribution is 6.08. The number of nitrogens with zero attached hydrogens (tertiary/aromatic N) is 3. The Morgan fingerprint density at radius 3 is 2.56 bits per heavy atom. The topological polar surface area (TPSA) is 67.2 Å². The van der Waals surface area contributed by atoms with E-state index in [1.165, 1.54) is 0 Å². The lowest BCUT2D eigenvalue weighted by molar-refractivity contribution is -0.134. The predicted octanol–water partition coefficient (Wildman–Crippen LogP) is 0.440. The molecule has 2 amide bonds. The maximum Gasteiger partial charge on any atom is 0.250 e. The number of nitrogens with one attached hydrogen (secondary N) is 1. The normalized spacial score (nSPS) is 24.3. The van der Waals surface area contributed by atoms with Crippen LogP contribution in [0.3, 0.4) is 0 Å². The van der Waals surface area contributed by atoms with Gasteiger partial charge in [0.2, 0.25) is 11.8 Å². The molecule has 1 aliphatic rings. The van der Waals surface area contributed by atoms with E-state index >= 15 is 0 Å². The summed E-state index contributed by atoms with van der Waals surface area (Å²) in [5, 5.41) is 6.83. The first-order chi connectivity index (χ1) is 8.58. The van der Waals surface area contributed by atoms with Gasteiger partial charge in [-0.25, -0.2) is 0 Å². The summed E-state index contributed by atoms with van der Waals surface area (Å²) >= 11 is 0. The van der Waals surface area contributed by atoms with Crippen molar-refractivity contribution >= 4 is 17.5 Å². The second-order valence-electron chi connectivity index (χ2n) is 4.47. The van der Waals surface area contributed by atoms with Crippen molar-refractivity contribution < 1.29 is 9.59 Å². The van der Waals surface area contributed by atoms with Crippen molar-refractivity contribution in [3.63, 3.8) is 0 Å². The average Bonchev–Trinajstić information content (AvgIpc) is 2.77. The molecule has 2 heterocycles. The van der Waals surface area contributed by atoms with Gasteiger partial charge < -0.3 is 5.32 Å². The zero-order chi connectivity index (χ0) is 13.3. The molecule has 0 radical (unpaired) electrons. The predicted molar refractivity (Wildman–Crippen MR) is 67.0 cm³/mol. The zero-order valence-electron chi connectivity index (χ0n) is 10.9. The van der Waals surface area contributed by atoms with E-state index in [0.717, 1.165) is 0 Å². The van der Waals surface area contributed by atoms with Crippen LogP contribution in [-0.4, -0.2) is 33.7 Å². The van der Waals surface area contributed by atoms with Gasteiger partial charge in [0.15, 0.2) is 0 Å². The fourth-order valence-corrected chi connectivity index (χ4v) is 2.25. The highest BCUT2D eigenvalue weighted by Crippen LogP contribution is 2.23. The van der Waals surface area contributed by atoms with Gasteiger partial charge in [0.25, 0.3) is 0 Å². The van der Waals surface area contributed by atoms with Crippen LogP contribution >= 0.6 is 0 Å². The quantitative estimate of drug-likeness (QED) is 0.846. The summed E-state index contributed by atoms with van der Waals surface area (Å²) in [6.07, 6.45) is 4.55. The second-order valence-corrected chi connectivity index (χ2v) is 4.47. The molecule has 6 nitrogen and oxygen atoms in total. The Kier molecular flexibility index (Phi) is 3.36. The molecule has 0 aliphatic carbocycles. The molecule has 0 saturated carbocycles. The Morgan fingerprint density at radius 1 is 1.33 bits per heavy atom. The van der Waals surface area contributed by atoms with Crippen LogP contribution in [0.5, 0.6) is 0 Å². The molecule has 0 bridgehead atoms. The minimum absolute atomic E-state index is 0.0584. The van der Waals surface area contributed by atoms with Crippen LogP contribution < -0.4 is 10.2 Å². The Morgan fingerprint density at radius 2 is 2.06 bits per heavy atom. The molecule has 1 aromatic heterocycles. The average molecular weight is 250 g/mol. The van der Waals surface area contributed by atoms with Gasteiger partial charge in [0.05, 0.1) is 11.9 Å². The lowest BCUT2D eigenvalue weighted by atomic mass is 10.0. The molecule has 1 saturated heterocycles. The Labute approximate surface area is 106 Å². The first kappa shape index (κ1) is 12.6. The van der Waals surface area contributed by atoms with E-state index in [-0.39, 0.29) is 11.8 Å². The molecule has 18 heavy (non-hydrogen) atoms. The first-order valence-corrected chi connectivity index (χ1v) is 6.20. The van der Waals surface area contributed by atoms with Crippen molar-refractivity contribution in [1.29, 1.82) is 0 Å². The molecule has 1 aliphatic heterocycles. The number of anilines is 1. The molecule has 0 aromatic carbocycles. The number of carbonyl (C=O) groups excluding carboxylic acids is 2. The van der Waals surface area contributed by atoms with E-state index in [0.29, 0.717) is 18.5 Å². The van der Waals surface area contributed by atoms with Crippen LogP contribution in [0.2, 0.25) is 0 Å². The number of hydrogen-bond donors (Lipinski definition) is 1. The molecule has 2 rings (SSSR count). The minimum Gasteiger partial charge on any atom is -0.342 e. The van der Waals surface area contributed by atoms with Crippen molar-refractivity contribution in [3.05, 3.63) is 12.4 Å². The van der Waals surface area contributed by atoms with E-state index in [1.54, 1.807) is 29.0 Å². The molecule has 1 N–H and O–H groups in total. The Balaban J connectivity index is 2.38. The molecule has 2 atom stereocenters. The van der Waals surface area contributed by atoms with E-state index in [1.807, 2.05) is 13.8 Å². The van der Waals surface area contributed by atoms with Crippen LogP contribution in [0, 0.1) is 0 Å². The highest BCUT2D eigenvalue weighted by Gasteiger charge is 2.39. The van der Waals surface area contributed by atoms with E-state index in [2.05, 4.69) is 10.4 Å². The molecular formula is C12H18N4O2. The largest absolute Gasteiger partial charge is 0.342 e. The summed E-state index contributed by atoms with van der Waals surface area (Å²) in [6, 6.07) is -0.870. The summed E-state index contributed by atoms with van der Waals surface area (Å²) in [5.74, 6) is -0.148. The number of hydrogen-bond acceptors (Lipinski definition) is 3. The Bertz CT molecular complexity index is 468. The molecule has 6 heteroatoms. The van der Waals surface area contributed by atoms with E-state index in [4.69, 9.17) is 0 Å². The zero-order valence-corrected chi connectivity index (χ0v) is 10.9. The number of carbonyl (C=O) groups is 2. The maximum absolute atomic E-state index is 12.4. The van der Waals surface area contributed by atoms with Crippen LogP contribution in [0.25, 0.3) is 0 Å². The van der Waals surface area contributed by atoms with Crippen molar-refractivity contribution in [2.45, 2.75) is 38.8 Å². The lowest BCUT2D eigenvalue weighted by Gasteiger charge is -2.37. The lowest BCUT2D eigenvalue weighted by Crippen LogP contribution is -2.63. The van der Waals surface area contributed by atoms with Gasteiger partial charge in [-0.3, -0.25) is 19.2 Å². The molecular weight excluding hydrogens is 232 g/mol. The van der Waals surface area contributed by atoms with Gasteiger partial charge in [0.1, 0.15) is 12.1 Å². The summed E-state index contributed by atoms with van der Waals surface area (Å²) < 4.78 is 1.63. The summed E-state index contributed by atoms with van der Waals surface area (Å²) in [6.45, 7) is 3.78. The highest BCUT2D eigenvalue weighted by atomic mass is 16.2. The maximum atomic E-state index is 12.4. The van der Waals surface area contributed by atoms with Crippen molar-refractivity contribution in [2.24, 2.45) is 7.05 Å². The van der Waals surface area contributed by atoms with Gasteiger partial charge in [-0.15, -0.1) is 0 Å². The number of aryl methyl sites for hydroxylation is 1. The third kappa shape index (κ3) is 1.98. The molecule has 1 aromatic rings. The second kappa shape index (κ2) is 4.80. The number of amides is 2. The van der Waals surface area contributed by atoms with Crippen molar-refractivity contribution in [2.75, 3.05) is 4.90 Å². The van der Waals surface area contributed by atoms with Crippen LogP contribution in [0.1, 0.15) is 26.7 Å². The van der Waals surface area contributed by atoms with Crippen LogP contribution in [0.4, 0.5) is 5.69 Å². The smallest absolute Gasteiger partial charge is 0.250 e. The molecule has 98 valence electrons. The SMILES string of the molecule is CCC1NC(=O)C(CC)N(c2cnn(C)c2)C1=O. The van der Waals surface area contributed by atoms with E-state index < -0.39 is 12.1 Å². The van der Waals surface area contributed by atoms with Crippen LogP contribution in [-0.2, 0) is 16.6 Å². The van der Waals surface area contributed by atoms with Gasteiger partial charge in [-0.05, 0) is 12.8 Å². The van der Waals surface area contributed by atoms with Crippen LogP contribution in [0.15, 0.2) is 12.4 Å². The number of rotatable bonds is 3. The molecule has 2 unspecified atom stereocenters. The Hall–Kier alpha value is -1.85. The third-order valence-corrected chi connectivity index (χ3v) is 3.23. The fourth-order valence-electron chi connectivity index (χ4n) is 2.25. The molecule has 0 spiro atoms. The minimum atomic E-state index is -0.440. The summed E-state index contributed by atoms with van der Waals surface area (Å²) in [7, 11) is 1.79. The van der Waals surface area contributed by atoms with Gasteiger partial charge in [-0.2, -0.15) is 5.10 Å². The summed E-state index contributed by atoms with van der Waals surface area (Å²) in [4.78, 5) is 25.9. The van der Waals surface area contributed by atoms with Gasteiger partial charge in [0, 0.05) is 13.2 Å².